The maximum absolute atomic E-state index is 12.1. The third kappa shape index (κ3) is 2.93. The van der Waals surface area contributed by atoms with Crippen molar-refractivity contribution in [3.05, 3.63) is 36.4 Å². The van der Waals surface area contributed by atoms with E-state index in [0.29, 0.717) is 6.54 Å². The topological polar surface area (TPSA) is 69.6 Å². The second-order valence-corrected chi connectivity index (χ2v) is 5.12. The molecule has 2 rings (SSSR count). The van der Waals surface area contributed by atoms with Crippen molar-refractivity contribution in [3.63, 3.8) is 0 Å². The molecule has 5 nitrogen and oxygen atoms in total. The number of nitrogens with zero attached hydrogens (tertiary/aromatic N) is 1. The van der Waals surface area contributed by atoms with Crippen LogP contribution in [-0.4, -0.2) is 29.1 Å². The highest BCUT2D eigenvalue weighted by atomic mass is 16.4. The van der Waals surface area contributed by atoms with E-state index < -0.39 is 5.97 Å². The third-order valence-corrected chi connectivity index (χ3v) is 2.86. The standard InChI is InChI=1S/C14H16N2O3/c1-14(2)9-16(12(17)7-8-13(18)19)11-6-4-3-5-10(11)15-14/h3-8,15H,9H2,1-2H3,(H,18,19)/b8-7+. The lowest BCUT2D eigenvalue weighted by Gasteiger charge is -2.40. The number of hydrogen-bond donors (Lipinski definition) is 2. The van der Waals surface area contributed by atoms with Crippen LogP contribution >= 0.6 is 0 Å². The van der Waals surface area contributed by atoms with E-state index in [1.165, 1.54) is 0 Å². The summed E-state index contributed by atoms with van der Waals surface area (Å²) in [5.74, 6) is -1.46. The van der Waals surface area contributed by atoms with Crippen LogP contribution in [0.1, 0.15) is 13.8 Å². The molecule has 0 bridgehead atoms. The van der Waals surface area contributed by atoms with Gasteiger partial charge in [0.05, 0.1) is 11.4 Å². The van der Waals surface area contributed by atoms with Gasteiger partial charge in [-0.3, -0.25) is 4.79 Å². The van der Waals surface area contributed by atoms with Crippen molar-refractivity contribution in [2.24, 2.45) is 0 Å². The Balaban J connectivity index is 2.35. The van der Waals surface area contributed by atoms with Gasteiger partial charge in [-0.05, 0) is 26.0 Å². The molecule has 0 atom stereocenters. The summed E-state index contributed by atoms with van der Waals surface area (Å²) in [5, 5.41) is 11.9. The number of para-hydroxylation sites is 2. The summed E-state index contributed by atoms with van der Waals surface area (Å²) < 4.78 is 0. The number of carboxylic acids is 1. The summed E-state index contributed by atoms with van der Waals surface area (Å²) in [5.41, 5.74) is 1.37. The minimum atomic E-state index is -1.13. The molecule has 0 aliphatic carbocycles. The largest absolute Gasteiger partial charge is 0.478 e. The first-order valence-corrected chi connectivity index (χ1v) is 5.99. The maximum atomic E-state index is 12.1. The number of benzene rings is 1. The molecule has 0 radical (unpaired) electrons. The number of carboxylic acid groups (broad SMARTS) is 1. The van der Waals surface area contributed by atoms with Crippen LogP contribution in [0.15, 0.2) is 36.4 Å². The summed E-state index contributed by atoms with van der Waals surface area (Å²) in [6.45, 7) is 4.46. The molecule has 19 heavy (non-hydrogen) atoms. The summed E-state index contributed by atoms with van der Waals surface area (Å²) in [6, 6.07) is 7.48. The average Bonchev–Trinajstić information content (AvgIpc) is 2.33. The number of hydrogen-bond acceptors (Lipinski definition) is 3. The summed E-state index contributed by atoms with van der Waals surface area (Å²) in [4.78, 5) is 24.2. The van der Waals surface area contributed by atoms with E-state index in [9.17, 15) is 9.59 Å². The van der Waals surface area contributed by atoms with Gasteiger partial charge in [-0.1, -0.05) is 12.1 Å². The summed E-state index contributed by atoms with van der Waals surface area (Å²) in [6.07, 6.45) is 1.94. The van der Waals surface area contributed by atoms with E-state index in [4.69, 9.17) is 5.11 Å². The molecule has 0 aromatic heterocycles. The highest BCUT2D eigenvalue weighted by Crippen LogP contribution is 2.34. The van der Waals surface area contributed by atoms with Crippen molar-refractivity contribution in [3.8, 4) is 0 Å². The number of amides is 1. The van der Waals surface area contributed by atoms with Crippen LogP contribution < -0.4 is 10.2 Å². The molecule has 0 saturated carbocycles. The molecule has 1 amide bonds. The van der Waals surface area contributed by atoms with Gasteiger partial charge in [-0.2, -0.15) is 0 Å². The van der Waals surface area contributed by atoms with Gasteiger partial charge in [-0.25, -0.2) is 4.79 Å². The first-order valence-electron chi connectivity index (χ1n) is 5.99. The monoisotopic (exact) mass is 260 g/mol. The fourth-order valence-corrected chi connectivity index (χ4v) is 2.13. The lowest BCUT2D eigenvalue weighted by Crippen LogP contribution is -2.50. The Morgan fingerprint density at radius 3 is 2.68 bits per heavy atom. The van der Waals surface area contributed by atoms with E-state index in [1.807, 2.05) is 38.1 Å². The summed E-state index contributed by atoms with van der Waals surface area (Å²) >= 11 is 0. The van der Waals surface area contributed by atoms with Gasteiger partial charge < -0.3 is 15.3 Å². The molecule has 0 spiro atoms. The fraction of sp³-hybridized carbons (Fsp3) is 0.286. The molecular formula is C14H16N2O3. The molecule has 1 aliphatic heterocycles. The predicted octanol–water partition coefficient (Wildman–Crippen LogP) is 1.86. The fourth-order valence-electron chi connectivity index (χ4n) is 2.13. The minimum Gasteiger partial charge on any atom is -0.478 e. The quantitative estimate of drug-likeness (QED) is 0.796. The van der Waals surface area contributed by atoms with Crippen molar-refractivity contribution in [2.45, 2.75) is 19.4 Å². The number of fused-ring (bicyclic) bond motifs is 1. The molecule has 5 heteroatoms. The lowest BCUT2D eigenvalue weighted by molar-refractivity contribution is -0.131. The van der Waals surface area contributed by atoms with E-state index in [1.54, 1.807) is 4.90 Å². The average molecular weight is 260 g/mol. The Labute approximate surface area is 111 Å². The van der Waals surface area contributed by atoms with Gasteiger partial charge >= 0.3 is 5.97 Å². The zero-order chi connectivity index (χ0) is 14.0. The van der Waals surface area contributed by atoms with Crippen LogP contribution in [0.4, 0.5) is 11.4 Å². The van der Waals surface area contributed by atoms with E-state index in [2.05, 4.69) is 5.32 Å². The number of carbonyl (C=O) groups excluding carboxylic acids is 1. The number of anilines is 2. The SMILES string of the molecule is CC1(C)CN(C(=O)/C=C/C(=O)O)c2ccccc2N1. The Morgan fingerprint density at radius 2 is 2.00 bits per heavy atom. The highest BCUT2D eigenvalue weighted by Gasteiger charge is 2.31. The van der Waals surface area contributed by atoms with Crippen LogP contribution in [0, 0.1) is 0 Å². The Bertz CT molecular complexity index is 549. The Hall–Kier alpha value is -2.30. The van der Waals surface area contributed by atoms with E-state index in [0.717, 1.165) is 23.5 Å². The number of carbonyl (C=O) groups is 2. The zero-order valence-corrected chi connectivity index (χ0v) is 10.9. The normalized spacial score (nSPS) is 16.8. The van der Waals surface area contributed by atoms with Gasteiger partial charge in [0.15, 0.2) is 0 Å². The van der Waals surface area contributed by atoms with Crippen LogP contribution in [-0.2, 0) is 9.59 Å². The Kier molecular flexibility index (Phi) is 3.29. The van der Waals surface area contributed by atoms with Crippen molar-refractivity contribution in [1.82, 2.24) is 0 Å². The summed E-state index contributed by atoms with van der Waals surface area (Å²) in [7, 11) is 0. The van der Waals surface area contributed by atoms with Crippen LogP contribution in [0.5, 0.6) is 0 Å². The van der Waals surface area contributed by atoms with Gasteiger partial charge in [-0.15, -0.1) is 0 Å². The van der Waals surface area contributed by atoms with E-state index in [-0.39, 0.29) is 11.4 Å². The molecular weight excluding hydrogens is 244 g/mol. The zero-order valence-electron chi connectivity index (χ0n) is 10.9. The smallest absolute Gasteiger partial charge is 0.328 e. The van der Waals surface area contributed by atoms with Crippen LogP contribution in [0.25, 0.3) is 0 Å². The number of rotatable bonds is 2. The highest BCUT2D eigenvalue weighted by molar-refractivity contribution is 6.06. The van der Waals surface area contributed by atoms with Crippen molar-refractivity contribution in [1.29, 1.82) is 0 Å². The second-order valence-electron chi connectivity index (χ2n) is 5.12. The lowest BCUT2D eigenvalue weighted by atomic mass is 9.99. The van der Waals surface area contributed by atoms with Gasteiger partial charge in [0.2, 0.25) is 0 Å². The minimum absolute atomic E-state index is 0.263. The second kappa shape index (κ2) is 4.76. The molecule has 0 fully saturated rings. The van der Waals surface area contributed by atoms with Crippen molar-refractivity contribution >= 4 is 23.3 Å². The van der Waals surface area contributed by atoms with Crippen molar-refractivity contribution < 1.29 is 14.7 Å². The van der Waals surface area contributed by atoms with Gasteiger partial charge in [0, 0.05) is 24.2 Å². The van der Waals surface area contributed by atoms with Crippen LogP contribution in [0.2, 0.25) is 0 Å². The Morgan fingerprint density at radius 1 is 1.32 bits per heavy atom. The third-order valence-electron chi connectivity index (χ3n) is 2.86. The van der Waals surface area contributed by atoms with Gasteiger partial charge in [0.25, 0.3) is 5.91 Å². The molecule has 1 aliphatic rings. The number of nitrogens with one attached hydrogen (secondary N) is 1. The maximum Gasteiger partial charge on any atom is 0.328 e. The molecule has 0 unspecified atom stereocenters. The molecule has 1 heterocycles. The predicted molar refractivity (Wildman–Crippen MR) is 73.3 cm³/mol. The molecule has 1 aromatic carbocycles. The van der Waals surface area contributed by atoms with Gasteiger partial charge in [0.1, 0.15) is 0 Å². The van der Waals surface area contributed by atoms with Crippen LogP contribution in [0.3, 0.4) is 0 Å². The molecule has 0 saturated heterocycles. The molecule has 100 valence electrons. The first-order chi connectivity index (χ1) is 8.89. The van der Waals surface area contributed by atoms with Crippen molar-refractivity contribution in [2.75, 3.05) is 16.8 Å². The molecule has 2 N–H and O–H groups in total. The van der Waals surface area contributed by atoms with E-state index >= 15 is 0 Å². The molecule has 1 aromatic rings. The number of aliphatic carboxylic acids is 1. The first kappa shape index (κ1) is 13.1.